The minimum absolute atomic E-state index is 0.318. The lowest BCUT2D eigenvalue weighted by Crippen LogP contribution is -2.46. The lowest BCUT2D eigenvalue weighted by molar-refractivity contribution is 0.525. The summed E-state index contributed by atoms with van der Waals surface area (Å²) < 4.78 is 0. The van der Waals surface area contributed by atoms with Crippen LogP contribution in [0.15, 0.2) is 36.5 Å². The van der Waals surface area contributed by atoms with Crippen molar-refractivity contribution in [1.29, 1.82) is 0 Å². The van der Waals surface area contributed by atoms with Crippen molar-refractivity contribution >= 4 is 34.4 Å². The highest BCUT2D eigenvalue weighted by atomic mass is 32.2. The van der Waals surface area contributed by atoms with Gasteiger partial charge in [-0.25, -0.2) is 0 Å². The molecule has 1 saturated heterocycles. The van der Waals surface area contributed by atoms with E-state index in [1.807, 2.05) is 35.8 Å². The largest absolute Gasteiger partial charge is 0.271 e. The number of hydrazine groups is 1. The maximum atomic E-state index is 5.81. The fourth-order valence-corrected chi connectivity index (χ4v) is 5.48. The maximum absolute atomic E-state index is 5.81. The number of nitrogens with zero attached hydrogens (tertiary/aromatic N) is 1. The van der Waals surface area contributed by atoms with Crippen molar-refractivity contribution in [3.8, 4) is 0 Å². The summed E-state index contributed by atoms with van der Waals surface area (Å²) in [4.78, 5) is 4.43. The van der Waals surface area contributed by atoms with E-state index in [1.165, 1.54) is 28.2 Å². The third-order valence-electron chi connectivity index (χ3n) is 3.68. The first-order valence-electron chi connectivity index (χ1n) is 6.86. The molecule has 1 fully saturated rings. The fourth-order valence-electron chi connectivity index (χ4n) is 2.61. The van der Waals surface area contributed by atoms with Gasteiger partial charge in [-0.15, -0.1) is 0 Å². The smallest absolute Gasteiger partial charge is 0.0704 e. The molecular weight excluding hydrogens is 286 g/mol. The second-order valence-corrected chi connectivity index (χ2v) is 7.45. The van der Waals surface area contributed by atoms with Crippen molar-refractivity contribution in [1.82, 2.24) is 10.4 Å². The Morgan fingerprint density at radius 3 is 3.00 bits per heavy atom. The molecule has 0 saturated carbocycles. The second kappa shape index (κ2) is 6.80. The first-order chi connectivity index (χ1) is 9.88. The molecule has 0 bridgehead atoms. The number of nitrogens with two attached hydrogens (primary N) is 1. The van der Waals surface area contributed by atoms with E-state index in [0.717, 1.165) is 11.9 Å². The molecule has 1 aromatic carbocycles. The fraction of sp³-hybridized carbons (Fsp3) is 0.400. The highest BCUT2D eigenvalue weighted by molar-refractivity contribution is 8.06. The zero-order valence-corrected chi connectivity index (χ0v) is 12.9. The SMILES string of the molecule is NNC(Cc1ccnc2ccccc12)C1CSCCS1. The average Bonchev–Trinajstić information content (AvgIpc) is 2.53. The second-order valence-electron chi connectivity index (χ2n) is 4.95. The van der Waals surface area contributed by atoms with Crippen molar-refractivity contribution in [2.24, 2.45) is 5.84 Å². The normalized spacial score (nSPS) is 20.9. The number of rotatable bonds is 4. The molecular formula is C15H19N3S2. The summed E-state index contributed by atoms with van der Waals surface area (Å²) in [7, 11) is 0. The Morgan fingerprint density at radius 2 is 2.20 bits per heavy atom. The summed E-state index contributed by atoms with van der Waals surface area (Å²) in [6.45, 7) is 0. The molecule has 2 heterocycles. The highest BCUT2D eigenvalue weighted by Crippen LogP contribution is 2.28. The molecule has 2 atom stereocenters. The molecule has 2 aromatic rings. The van der Waals surface area contributed by atoms with Crippen LogP contribution in [0.2, 0.25) is 0 Å². The molecule has 106 valence electrons. The summed E-state index contributed by atoms with van der Waals surface area (Å²) in [6.07, 6.45) is 2.85. The Labute approximate surface area is 128 Å². The van der Waals surface area contributed by atoms with Crippen LogP contribution in [0.3, 0.4) is 0 Å². The van der Waals surface area contributed by atoms with Crippen LogP contribution in [-0.4, -0.2) is 33.5 Å². The van der Waals surface area contributed by atoms with E-state index in [1.54, 1.807) is 0 Å². The van der Waals surface area contributed by atoms with Crippen LogP contribution < -0.4 is 11.3 Å². The van der Waals surface area contributed by atoms with E-state index in [4.69, 9.17) is 5.84 Å². The summed E-state index contributed by atoms with van der Waals surface area (Å²) in [5.41, 5.74) is 5.42. The van der Waals surface area contributed by atoms with Crippen LogP contribution in [0, 0.1) is 0 Å². The number of hydrogen-bond donors (Lipinski definition) is 2. The third-order valence-corrected chi connectivity index (χ3v) is 6.60. The zero-order chi connectivity index (χ0) is 13.8. The lowest BCUT2D eigenvalue weighted by Gasteiger charge is -2.29. The molecule has 3 nitrogen and oxygen atoms in total. The Kier molecular flexibility index (Phi) is 4.83. The molecule has 0 radical (unpaired) electrons. The predicted octanol–water partition coefficient (Wildman–Crippen LogP) is 2.46. The van der Waals surface area contributed by atoms with Gasteiger partial charge in [0.15, 0.2) is 0 Å². The van der Waals surface area contributed by atoms with Gasteiger partial charge in [0.2, 0.25) is 0 Å². The number of nitrogens with one attached hydrogen (secondary N) is 1. The number of pyridine rings is 1. The predicted molar refractivity (Wildman–Crippen MR) is 90.1 cm³/mol. The minimum atomic E-state index is 0.318. The number of para-hydroxylation sites is 1. The Balaban J connectivity index is 1.83. The summed E-state index contributed by atoms with van der Waals surface area (Å²) in [5.74, 6) is 9.48. The number of thioether (sulfide) groups is 2. The van der Waals surface area contributed by atoms with Gasteiger partial charge >= 0.3 is 0 Å². The van der Waals surface area contributed by atoms with E-state index in [-0.39, 0.29) is 0 Å². The molecule has 1 aromatic heterocycles. The van der Waals surface area contributed by atoms with Crippen LogP contribution in [0.25, 0.3) is 10.9 Å². The molecule has 3 N–H and O–H groups in total. The quantitative estimate of drug-likeness (QED) is 0.671. The monoisotopic (exact) mass is 305 g/mol. The van der Waals surface area contributed by atoms with Crippen LogP contribution >= 0.6 is 23.5 Å². The van der Waals surface area contributed by atoms with Crippen LogP contribution in [0.1, 0.15) is 5.56 Å². The molecule has 20 heavy (non-hydrogen) atoms. The third kappa shape index (κ3) is 3.11. The maximum Gasteiger partial charge on any atom is 0.0704 e. The molecule has 0 aliphatic carbocycles. The molecule has 0 spiro atoms. The van der Waals surface area contributed by atoms with Gasteiger partial charge in [0.1, 0.15) is 0 Å². The summed E-state index contributed by atoms with van der Waals surface area (Å²) in [6, 6.07) is 10.8. The number of aromatic nitrogens is 1. The Bertz CT molecular complexity index is 565. The Morgan fingerprint density at radius 1 is 1.30 bits per heavy atom. The van der Waals surface area contributed by atoms with E-state index in [2.05, 4.69) is 34.7 Å². The molecule has 1 aliphatic heterocycles. The van der Waals surface area contributed by atoms with Crippen molar-refractivity contribution < 1.29 is 0 Å². The van der Waals surface area contributed by atoms with Crippen molar-refractivity contribution in [2.45, 2.75) is 17.7 Å². The molecule has 1 aliphatic rings. The van der Waals surface area contributed by atoms with Gasteiger partial charge in [0.05, 0.1) is 5.52 Å². The van der Waals surface area contributed by atoms with Gasteiger partial charge in [-0.3, -0.25) is 16.3 Å². The van der Waals surface area contributed by atoms with E-state index >= 15 is 0 Å². The highest BCUT2D eigenvalue weighted by Gasteiger charge is 2.24. The Hall–Kier alpha value is -0.750. The number of fused-ring (bicyclic) bond motifs is 1. The number of hydrogen-bond acceptors (Lipinski definition) is 5. The van der Waals surface area contributed by atoms with Gasteiger partial charge in [0, 0.05) is 40.1 Å². The van der Waals surface area contributed by atoms with Crippen LogP contribution in [-0.2, 0) is 6.42 Å². The van der Waals surface area contributed by atoms with Crippen LogP contribution in [0.5, 0.6) is 0 Å². The van der Waals surface area contributed by atoms with E-state index in [0.29, 0.717) is 11.3 Å². The van der Waals surface area contributed by atoms with Crippen molar-refractivity contribution in [3.05, 3.63) is 42.1 Å². The van der Waals surface area contributed by atoms with Crippen molar-refractivity contribution in [2.75, 3.05) is 17.3 Å². The summed E-state index contributed by atoms with van der Waals surface area (Å²) >= 11 is 4.07. The first kappa shape index (κ1) is 14.2. The molecule has 0 amide bonds. The topological polar surface area (TPSA) is 50.9 Å². The van der Waals surface area contributed by atoms with Crippen LogP contribution in [0.4, 0.5) is 0 Å². The minimum Gasteiger partial charge on any atom is -0.271 e. The van der Waals surface area contributed by atoms with Gasteiger partial charge in [-0.2, -0.15) is 23.5 Å². The molecule has 3 rings (SSSR count). The standard InChI is InChI=1S/C15H19N3S2/c16-18-14(15-10-19-7-8-20-15)9-11-5-6-17-13-4-2-1-3-12(11)13/h1-6,14-15,18H,7-10,16H2. The zero-order valence-electron chi connectivity index (χ0n) is 11.3. The van der Waals surface area contributed by atoms with Gasteiger partial charge < -0.3 is 0 Å². The molecule has 2 unspecified atom stereocenters. The van der Waals surface area contributed by atoms with E-state index in [9.17, 15) is 0 Å². The van der Waals surface area contributed by atoms with Gasteiger partial charge in [-0.05, 0) is 24.1 Å². The summed E-state index contributed by atoms with van der Waals surface area (Å²) in [5, 5.41) is 1.83. The first-order valence-corrected chi connectivity index (χ1v) is 9.07. The van der Waals surface area contributed by atoms with E-state index < -0.39 is 0 Å². The van der Waals surface area contributed by atoms with Crippen molar-refractivity contribution in [3.63, 3.8) is 0 Å². The average molecular weight is 305 g/mol. The van der Waals surface area contributed by atoms with Gasteiger partial charge in [-0.1, -0.05) is 18.2 Å². The molecule has 5 heteroatoms. The lowest BCUT2D eigenvalue weighted by atomic mass is 10.0. The van der Waals surface area contributed by atoms with Gasteiger partial charge in [0.25, 0.3) is 0 Å². The number of benzene rings is 1.